The van der Waals surface area contributed by atoms with E-state index in [1.54, 1.807) is 17.9 Å². The van der Waals surface area contributed by atoms with Gasteiger partial charge in [0.1, 0.15) is 0 Å². The van der Waals surface area contributed by atoms with Gasteiger partial charge in [0.2, 0.25) is 5.91 Å². The fraction of sp³-hybridized carbons (Fsp3) is 0.579. The Morgan fingerprint density at radius 1 is 1.35 bits per heavy atom. The van der Waals surface area contributed by atoms with Gasteiger partial charge in [-0.05, 0) is 42.7 Å². The molecule has 1 fully saturated rings. The van der Waals surface area contributed by atoms with Crippen LogP contribution < -0.4 is 0 Å². The number of carbonyl (C=O) groups excluding carboxylic acids is 1. The molecule has 0 spiro atoms. The lowest BCUT2D eigenvalue weighted by molar-refractivity contribution is -0.138. The van der Waals surface area contributed by atoms with Gasteiger partial charge in [-0.15, -0.1) is 0 Å². The van der Waals surface area contributed by atoms with E-state index in [0.717, 1.165) is 25.0 Å². The molecule has 2 atom stereocenters. The number of benzene rings is 1. The lowest BCUT2D eigenvalue weighted by Crippen LogP contribution is -2.40. The minimum atomic E-state index is -4.40. The zero-order valence-electron chi connectivity index (χ0n) is 14.8. The third kappa shape index (κ3) is 5.75. The summed E-state index contributed by atoms with van der Waals surface area (Å²) in [4.78, 5) is 25.0. The van der Waals surface area contributed by atoms with Crippen LogP contribution in [0.2, 0.25) is 0 Å². The smallest absolute Gasteiger partial charge is 0.416 e. The molecule has 2 unspecified atom stereocenters. The molecule has 1 aromatic carbocycles. The van der Waals surface area contributed by atoms with E-state index in [2.05, 4.69) is 0 Å². The Hall–Kier alpha value is -2.05. The quantitative estimate of drug-likeness (QED) is 0.811. The molecule has 0 aromatic heterocycles. The third-order valence-electron chi connectivity index (χ3n) is 4.90. The lowest BCUT2D eigenvalue weighted by Gasteiger charge is -2.33. The molecular weight excluding hydrogens is 347 g/mol. The summed E-state index contributed by atoms with van der Waals surface area (Å²) in [5.74, 6) is -1.07. The lowest BCUT2D eigenvalue weighted by atomic mass is 9.91. The summed E-state index contributed by atoms with van der Waals surface area (Å²) in [5.41, 5.74) is -0.214. The Labute approximate surface area is 151 Å². The van der Waals surface area contributed by atoms with E-state index in [9.17, 15) is 22.8 Å². The topological polar surface area (TPSA) is 57.6 Å². The zero-order chi connectivity index (χ0) is 19.3. The van der Waals surface area contributed by atoms with Crippen LogP contribution in [0.3, 0.4) is 0 Å². The molecule has 26 heavy (non-hydrogen) atoms. The summed E-state index contributed by atoms with van der Waals surface area (Å²) >= 11 is 0. The molecule has 2 rings (SSSR count). The van der Waals surface area contributed by atoms with Crippen LogP contribution >= 0.6 is 0 Å². The number of amides is 1. The van der Waals surface area contributed by atoms with Gasteiger partial charge in [-0.2, -0.15) is 13.2 Å². The number of halogens is 3. The van der Waals surface area contributed by atoms with Crippen molar-refractivity contribution in [3.8, 4) is 0 Å². The van der Waals surface area contributed by atoms with Crippen molar-refractivity contribution in [2.45, 2.75) is 51.1 Å². The monoisotopic (exact) mass is 371 g/mol. The maximum Gasteiger partial charge on any atom is 0.416 e. The number of likely N-dealkylation sites (tertiary alicyclic amines) is 1. The molecule has 0 bridgehead atoms. The van der Waals surface area contributed by atoms with Crippen LogP contribution in [-0.2, 0) is 15.8 Å². The minimum Gasteiger partial charge on any atom is -0.481 e. The largest absolute Gasteiger partial charge is 0.481 e. The Balaban J connectivity index is 1.95. The van der Waals surface area contributed by atoms with Crippen LogP contribution in [0.1, 0.15) is 56.1 Å². The van der Waals surface area contributed by atoms with Gasteiger partial charge in [0.05, 0.1) is 5.56 Å². The van der Waals surface area contributed by atoms with Crippen molar-refractivity contribution in [2.75, 3.05) is 13.1 Å². The predicted molar refractivity (Wildman–Crippen MR) is 90.6 cm³/mol. The number of hydrogen-bond acceptors (Lipinski definition) is 2. The van der Waals surface area contributed by atoms with Gasteiger partial charge < -0.3 is 10.0 Å². The molecule has 1 amide bonds. The van der Waals surface area contributed by atoms with Gasteiger partial charge in [-0.25, -0.2) is 0 Å². The van der Waals surface area contributed by atoms with E-state index in [-0.39, 0.29) is 30.6 Å². The highest BCUT2D eigenvalue weighted by Crippen LogP contribution is 2.32. The summed E-state index contributed by atoms with van der Waals surface area (Å²) < 4.78 is 38.5. The predicted octanol–water partition coefficient (Wildman–Crippen LogP) is 4.30. The Bertz CT molecular complexity index is 645. The summed E-state index contributed by atoms with van der Waals surface area (Å²) in [5, 5.41) is 8.78. The fourth-order valence-electron chi connectivity index (χ4n) is 3.39. The maximum absolute atomic E-state index is 12.8. The Kier molecular flexibility index (Phi) is 6.67. The van der Waals surface area contributed by atoms with E-state index >= 15 is 0 Å². The number of nitrogens with zero attached hydrogens (tertiary/aromatic N) is 1. The first-order valence-corrected chi connectivity index (χ1v) is 8.83. The maximum atomic E-state index is 12.8. The average Bonchev–Trinajstić information content (AvgIpc) is 2.59. The summed E-state index contributed by atoms with van der Waals surface area (Å²) in [6.45, 7) is 2.90. The van der Waals surface area contributed by atoms with Crippen LogP contribution in [0.25, 0.3) is 0 Å². The van der Waals surface area contributed by atoms with Gasteiger partial charge in [0.25, 0.3) is 0 Å². The molecule has 7 heteroatoms. The minimum absolute atomic E-state index is 0.0880. The molecule has 4 nitrogen and oxygen atoms in total. The molecule has 0 radical (unpaired) electrons. The molecule has 0 saturated carbocycles. The molecule has 144 valence electrons. The van der Waals surface area contributed by atoms with Crippen LogP contribution in [0, 0.1) is 5.92 Å². The third-order valence-corrected chi connectivity index (χ3v) is 4.90. The highest BCUT2D eigenvalue weighted by molar-refractivity contribution is 5.77. The van der Waals surface area contributed by atoms with Crippen molar-refractivity contribution in [2.24, 2.45) is 5.92 Å². The van der Waals surface area contributed by atoms with Crippen LogP contribution in [-0.4, -0.2) is 35.0 Å². The molecule has 1 N–H and O–H groups in total. The average molecular weight is 371 g/mol. The van der Waals surface area contributed by atoms with Gasteiger partial charge in [0.15, 0.2) is 0 Å². The second-order valence-electron chi connectivity index (χ2n) is 7.01. The van der Waals surface area contributed by atoms with Crippen LogP contribution in [0.5, 0.6) is 0 Å². The fourth-order valence-corrected chi connectivity index (χ4v) is 3.39. The van der Waals surface area contributed by atoms with Gasteiger partial charge in [0, 0.05) is 25.9 Å². The highest BCUT2D eigenvalue weighted by atomic mass is 19.4. The SMILES string of the molecule is CC(CC(=O)N1CCCC(CCC(=O)O)C1)c1cccc(C(F)(F)F)c1. The van der Waals surface area contributed by atoms with Gasteiger partial charge >= 0.3 is 12.1 Å². The van der Waals surface area contributed by atoms with Crippen molar-refractivity contribution in [1.29, 1.82) is 0 Å². The number of piperidine rings is 1. The molecule has 1 aliphatic rings. The van der Waals surface area contributed by atoms with Crippen LogP contribution in [0.15, 0.2) is 24.3 Å². The Morgan fingerprint density at radius 2 is 2.08 bits per heavy atom. The second kappa shape index (κ2) is 8.56. The highest BCUT2D eigenvalue weighted by Gasteiger charge is 2.31. The van der Waals surface area contributed by atoms with E-state index in [0.29, 0.717) is 25.1 Å². The van der Waals surface area contributed by atoms with Crippen molar-refractivity contribution >= 4 is 11.9 Å². The molecule has 1 saturated heterocycles. The molecule has 1 heterocycles. The van der Waals surface area contributed by atoms with E-state index in [1.807, 2.05) is 0 Å². The number of rotatable bonds is 6. The summed E-state index contributed by atoms with van der Waals surface area (Å²) in [7, 11) is 0. The second-order valence-corrected chi connectivity index (χ2v) is 7.01. The van der Waals surface area contributed by atoms with E-state index < -0.39 is 17.7 Å². The van der Waals surface area contributed by atoms with Crippen molar-refractivity contribution in [3.05, 3.63) is 35.4 Å². The standard InChI is InChI=1S/C19H24F3NO3/c1-13(15-5-2-6-16(11-15)19(20,21)22)10-17(24)23-9-3-4-14(12-23)7-8-18(25)26/h2,5-6,11,13-14H,3-4,7-10,12H2,1H3,(H,25,26). The molecular formula is C19H24F3NO3. The van der Waals surface area contributed by atoms with Gasteiger partial charge in [-0.1, -0.05) is 25.1 Å². The normalized spacial score (nSPS) is 19.2. The first-order chi connectivity index (χ1) is 12.2. The van der Waals surface area contributed by atoms with Crippen molar-refractivity contribution in [1.82, 2.24) is 4.90 Å². The molecule has 1 aliphatic heterocycles. The summed E-state index contributed by atoms with van der Waals surface area (Å²) in [6.07, 6.45) is -1.89. The number of aliphatic carboxylic acids is 1. The molecule has 0 aliphatic carbocycles. The van der Waals surface area contributed by atoms with Crippen molar-refractivity contribution < 1.29 is 27.9 Å². The summed E-state index contributed by atoms with van der Waals surface area (Å²) in [6, 6.07) is 5.10. The molecule has 1 aromatic rings. The van der Waals surface area contributed by atoms with E-state index in [4.69, 9.17) is 5.11 Å². The number of carboxylic acid groups (broad SMARTS) is 1. The number of carboxylic acids is 1. The first-order valence-electron chi connectivity index (χ1n) is 8.83. The first kappa shape index (κ1) is 20.3. The Morgan fingerprint density at radius 3 is 2.73 bits per heavy atom. The number of hydrogen-bond donors (Lipinski definition) is 1. The number of carbonyl (C=O) groups is 2. The van der Waals surface area contributed by atoms with Crippen LogP contribution in [0.4, 0.5) is 13.2 Å². The van der Waals surface area contributed by atoms with Gasteiger partial charge in [-0.3, -0.25) is 9.59 Å². The zero-order valence-corrected chi connectivity index (χ0v) is 14.8. The van der Waals surface area contributed by atoms with E-state index in [1.165, 1.54) is 6.07 Å². The van der Waals surface area contributed by atoms with Crippen molar-refractivity contribution in [3.63, 3.8) is 0 Å². The number of alkyl halides is 3.